The van der Waals surface area contributed by atoms with Crippen molar-refractivity contribution in [2.75, 3.05) is 0 Å². The summed E-state index contributed by atoms with van der Waals surface area (Å²) in [6.45, 7) is 1.81. The fourth-order valence-electron chi connectivity index (χ4n) is 3.32. The lowest BCUT2D eigenvalue weighted by molar-refractivity contribution is 0.457. The maximum atomic E-state index is 12.4. The van der Waals surface area contributed by atoms with Crippen molar-refractivity contribution >= 4 is 0 Å². The molecule has 0 atom stereocenters. The molecule has 0 aliphatic carbocycles. The molecule has 2 aromatic rings. The van der Waals surface area contributed by atoms with Gasteiger partial charge in [0, 0.05) is 50.7 Å². The van der Waals surface area contributed by atoms with Crippen molar-refractivity contribution in [3.63, 3.8) is 0 Å². The molecule has 8 heteroatoms. The summed E-state index contributed by atoms with van der Waals surface area (Å²) in [5.74, 6) is 0. The van der Waals surface area contributed by atoms with Crippen LogP contribution in [0.25, 0.3) is 0 Å². The first-order valence-electron chi connectivity index (χ1n) is 9.18. The highest BCUT2D eigenvalue weighted by Crippen LogP contribution is 2.01. The molecule has 1 aliphatic heterocycles. The fourth-order valence-corrected chi connectivity index (χ4v) is 3.32. The van der Waals surface area contributed by atoms with E-state index in [-0.39, 0.29) is 22.5 Å². The zero-order valence-electron chi connectivity index (χ0n) is 14.8. The molecule has 26 heavy (non-hydrogen) atoms. The number of nitrogens with zero attached hydrogens (tertiary/aromatic N) is 4. The van der Waals surface area contributed by atoms with E-state index in [1.165, 1.54) is 21.3 Å². The van der Waals surface area contributed by atoms with Crippen LogP contribution in [0.5, 0.6) is 0 Å². The Labute approximate surface area is 149 Å². The Morgan fingerprint density at radius 1 is 0.538 bits per heavy atom. The van der Waals surface area contributed by atoms with E-state index in [1.807, 2.05) is 0 Å². The van der Waals surface area contributed by atoms with Crippen LogP contribution in [0, 0.1) is 0 Å². The smallest absolute Gasteiger partial charge is 0.300 e. The number of hydrogen-bond acceptors (Lipinski definition) is 4. The van der Waals surface area contributed by atoms with Crippen molar-refractivity contribution in [1.82, 2.24) is 18.3 Å². The predicted octanol–water partition coefficient (Wildman–Crippen LogP) is 0.388. The molecule has 1 aliphatic rings. The van der Waals surface area contributed by atoms with Gasteiger partial charge in [0.15, 0.2) is 0 Å². The molecule has 140 valence electrons. The van der Waals surface area contributed by atoms with Crippen molar-refractivity contribution in [2.45, 2.75) is 64.7 Å². The largest absolute Gasteiger partial charge is 0.330 e. The molecule has 0 spiro atoms. The maximum Gasteiger partial charge on any atom is 0.330 e. The zero-order valence-corrected chi connectivity index (χ0v) is 14.8. The summed E-state index contributed by atoms with van der Waals surface area (Å²) in [7, 11) is 0. The Kier molecular flexibility index (Phi) is 5.70. The predicted molar refractivity (Wildman–Crippen MR) is 97.6 cm³/mol. The van der Waals surface area contributed by atoms with Gasteiger partial charge in [-0.05, 0) is 38.5 Å². The quantitative estimate of drug-likeness (QED) is 0.680. The van der Waals surface area contributed by atoms with Crippen LogP contribution in [0.1, 0.15) is 38.5 Å². The topological polar surface area (TPSA) is 88.0 Å². The van der Waals surface area contributed by atoms with Crippen LogP contribution in [-0.2, 0) is 26.2 Å². The molecule has 4 bridgehead atoms. The second-order valence-electron chi connectivity index (χ2n) is 6.68. The standard InChI is InChI=1S/C18H24N4O4/c23-15-7-13-19-9-3-1-4-10-20-14-8-16(24)22(18(20)26)12-6-2-5-11-21(15)17(19)25/h7-8,13-14H,1-6,9-12H2. The van der Waals surface area contributed by atoms with Crippen molar-refractivity contribution in [3.05, 3.63) is 66.2 Å². The molecule has 3 heterocycles. The lowest BCUT2D eigenvalue weighted by Gasteiger charge is -2.12. The van der Waals surface area contributed by atoms with Gasteiger partial charge in [-0.1, -0.05) is 0 Å². The number of fused-ring (bicyclic) bond motifs is 4. The number of hydrogen-bond donors (Lipinski definition) is 0. The molecule has 0 N–H and O–H groups in total. The van der Waals surface area contributed by atoms with Crippen LogP contribution in [0.2, 0.25) is 0 Å². The van der Waals surface area contributed by atoms with Crippen molar-refractivity contribution in [2.24, 2.45) is 0 Å². The minimum absolute atomic E-state index is 0.262. The van der Waals surface area contributed by atoms with Crippen molar-refractivity contribution in [1.29, 1.82) is 0 Å². The van der Waals surface area contributed by atoms with Gasteiger partial charge < -0.3 is 9.13 Å². The zero-order chi connectivity index (χ0) is 18.5. The Hall–Kier alpha value is -2.64. The number of aromatic nitrogens is 4. The van der Waals surface area contributed by atoms with E-state index in [9.17, 15) is 19.2 Å². The number of rotatable bonds is 0. The van der Waals surface area contributed by atoms with Crippen LogP contribution in [-0.4, -0.2) is 18.3 Å². The minimum Gasteiger partial charge on any atom is -0.300 e. The Balaban J connectivity index is 1.83. The van der Waals surface area contributed by atoms with E-state index in [4.69, 9.17) is 0 Å². The average Bonchev–Trinajstić information content (AvgIpc) is 2.62. The molecule has 0 saturated heterocycles. The Morgan fingerprint density at radius 2 is 0.923 bits per heavy atom. The van der Waals surface area contributed by atoms with Crippen molar-refractivity contribution < 1.29 is 0 Å². The summed E-state index contributed by atoms with van der Waals surface area (Å²) in [5.41, 5.74) is -1.09. The van der Waals surface area contributed by atoms with E-state index in [0.717, 1.165) is 25.7 Å². The third-order valence-electron chi connectivity index (χ3n) is 4.84. The molecule has 8 nitrogen and oxygen atoms in total. The summed E-state index contributed by atoms with van der Waals surface area (Å²) in [5, 5.41) is 0. The second-order valence-corrected chi connectivity index (χ2v) is 6.68. The molecule has 0 saturated carbocycles. The van der Waals surface area contributed by atoms with Gasteiger partial charge in [0.05, 0.1) is 0 Å². The summed E-state index contributed by atoms with van der Waals surface area (Å²) >= 11 is 0. The van der Waals surface area contributed by atoms with E-state index >= 15 is 0 Å². The van der Waals surface area contributed by atoms with Crippen LogP contribution < -0.4 is 22.5 Å². The third-order valence-corrected chi connectivity index (χ3v) is 4.84. The lowest BCUT2D eigenvalue weighted by atomic mass is 10.2. The maximum absolute atomic E-state index is 12.4. The van der Waals surface area contributed by atoms with Gasteiger partial charge in [-0.15, -0.1) is 0 Å². The first-order valence-corrected chi connectivity index (χ1v) is 9.18. The fraction of sp³-hybridized carbons (Fsp3) is 0.556. The molecule has 0 amide bonds. The average molecular weight is 360 g/mol. The Morgan fingerprint density at radius 3 is 1.35 bits per heavy atom. The molecule has 0 aromatic carbocycles. The van der Waals surface area contributed by atoms with Gasteiger partial charge in [-0.3, -0.25) is 18.7 Å². The monoisotopic (exact) mass is 360 g/mol. The van der Waals surface area contributed by atoms with Crippen molar-refractivity contribution in [3.8, 4) is 0 Å². The van der Waals surface area contributed by atoms with Gasteiger partial charge in [-0.25, -0.2) is 9.59 Å². The van der Waals surface area contributed by atoms with Gasteiger partial charge >= 0.3 is 11.4 Å². The molecule has 2 aromatic heterocycles. The molecular weight excluding hydrogens is 336 g/mol. The minimum atomic E-state index is -0.283. The van der Waals surface area contributed by atoms with E-state index in [2.05, 4.69) is 0 Å². The summed E-state index contributed by atoms with van der Waals surface area (Å²) in [6.07, 6.45) is 7.55. The van der Waals surface area contributed by atoms with Crippen LogP contribution in [0.3, 0.4) is 0 Å². The Bertz CT molecular complexity index is 916. The highest BCUT2D eigenvalue weighted by atomic mass is 16.2. The first-order chi connectivity index (χ1) is 12.6. The molecular formula is C18H24N4O4. The highest BCUT2D eigenvalue weighted by Gasteiger charge is 2.08. The molecule has 3 rings (SSSR count). The summed E-state index contributed by atoms with van der Waals surface area (Å²) in [6, 6.07) is 2.88. The third kappa shape index (κ3) is 3.95. The van der Waals surface area contributed by atoms with Crippen LogP contribution >= 0.6 is 0 Å². The normalized spacial score (nSPS) is 16.3. The van der Waals surface area contributed by atoms with Gasteiger partial charge in [0.25, 0.3) is 11.1 Å². The van der Waals surface area contributed by atoms with E-state index in [1.54, 1.807) is 21.5 Å². The molecule has 0 fully saturated rings. The SMILES string of the molecule is O=c1ccn2c(=O)n1CCCCCn1c(=O)ccn(c1=O)CCCCC2. The van der Waals surface area contributed by atoms with E-state index < -0.39 is 0 Å². The molecule has 0 radical (unpaired) electrons. The lowest BCUT2D eigenvalue weighted by Crippen LogP contribution is -2.40. The highest BCUT2D eigenvalue weighted by molar-refractivity contribution is 4.88. The van der Waals surface area contributed by atoms with E-state index in [0.29, 0.717) is 39.0 Å². The first kappa shape index (κ1) is 18.2. The van der Waals surface area contributed by atoms with Gasteiger partial charge in [-0.2, -0.15) is 0 Å². The summed E-state index contributed by atoms with van der Waals surface area (Å²) in [4.78, 5) is 48.8. The van der Waals surface area contributed by atoms with Crippen LogP contribution in [0.15, 0.2) is 43.7 Å². The second kappa shape index (κ2) is 8.16. The van der Waals surface area contributed by atoms with Crippen LogP contribution in [0.4, 0.5) is 0 Å². The summed E-state index contributed by atoms with van der Waals surface area (Å²) < 4.78 is 5.71. The number of aryl methyl sites for hydroxylation is 2. The molecule has 0 unspecified atom stereocenters. The van der Waals surface area contributed by atoms with Gasteiger partial charge in [0.2, 0.25) is 0 Å². The van der Waals surface area contributed by atoms with Gasteiger partial charge in [0.1, 0.15) is 0 Å².